The van der Waals surface area contributed by atoms with Gasteiger partial charge in [0.05, 0.1) is 12.5 Å². The lowest BCUT2D eigenvalue weighted by molar-refractivity contribution is -0.147. The fourth-order valence-electron chi connectivity index (χ4n) is 2.59. The van der Waals surface area contributed by atoms with Crippen LogP contribution in [0.5, 0.6) is 0 Å². The summed E-state index contributed by atoms with van der Waals surface area (Å²) in [7, 11) is 1.48. The average molecular weight is 206 g/mol. The number of hydrogen-bond donors (Lipinski definition) is 1. The highest BCUT2D eigenvalue weighted by atomic mass is 35.5. The number of hydrogen-bond acceptors (Lipinski definition) is 3. The van der Waals surface area contributed by atoms with Crippen LogP contribution >= 0.6 is 12.4 Å². The number of carbonyl (C=O) groups excluding carboxylic acids is 1. The lowest BCUT2D eigenvalue weighted by Gasteiger charge is -2.07. The zero-order chi connectivity index (χ0) is 8.77. The number of rotatable bonds is 1. The molecule has 0 radical (unpaired) electrons. The molecule has 76 valence electrons. The van der Waals surface area contributed by atoms with Gasteiger partial charge < -0.3 is 10.1 Å². The zero-order valence-corrected chi connectivity index (χ0v) is 8.82. The summed E-state index contributed by atoms with van der Waals surface area (Å²) in [4.78, 5) is 11.4. The molecule has 4 heteroatoms. The normalized spacial score (nSPS) is 41.4. The molecule has 0 aromatic carbocycles. The molecule has 3 nitrogen and oxygen atoms in total. The van der Waals surface area contributed by atoms with E-state index >= 15 is 0 Å². The van der Waals surface area contributed by atoms with Crippen LogP contribution in [0.15, 0.2) is 0 Å². The van der Waals surface area contributed by atoms with Gasteiger partial charge in [-0.3, -0.25) is 4.79 Å². The summed E-state index contributed by atoms with van der Waals surface area (Å²) >= 11 is 0. The highest BCUT2D eigenvalue weighted by Gasteiger charge is 2.66. The Hall–Kier alpha value is -0.280. The Morgan fingerprint density at radius 1 is 1.54 bits per heavy atom. The van der Waals surface area contributed by atoms with E-state index in [4.69, 9.17) is 4.74 Å². The van der Waals surface area contributed by atoms with Crippen molar-refractivity contribution in [3.05, 3.63) is 0 Å². The maximum atomic E-state index is 11.4. The Bertz CT molecular complexity index is 208. The third-order valence-corrected chi connectivity index (χ3v) is 3.54. The molecule has 0 aromatic heterocycles. The van der Waals surface area contributed by atoms with Crippen LogP contribution in [0.4, 0.5) is 0 Å². The SMILES string of the molecule is COC(=O)C1(C)C2CCNCC21.Cl. The van der Waals surface area contributed by atoms with Crippen LogP contribution in [-0.2, 0) is 9.53 Å². The molecule has 13 heavy (non-hydrogen) atoms. The maximum absolute atomic E-state index is 11.4. The van der Waals surface area contributed by atoms with E-state index in [-0.39, 0.29) is 23.8 Å². The van der Waals surface area contributed by atoms with Gasteiger partial charge in [0, 0.05) is 0 Å². The zero-order valence-electron chi connectivity index (χ0n) is 8.00. The summed E-state index contributed by atoms with van der Waals surface area (Å²) in [5, 5.41) is 3.30. The molecule has 1 N–H and O–H groups in total. The number of nitrogens with one attached hydrogen (secondary N) is 1. The molecule has 1 saturated heterocycles. The van der Waals surface area contributed by atoms with E-state index in [1.54, 1.807) is 0 Å². The summed E-state index contributed by atoms with van der Waals surface area (Å²) in [5.41, 5.74) is -0.168. The summed E-state index contributed by atoms with van der Waals surface area (Å²) in [6, 6.07) is 0. The van der Waals surface area contributed by atoms with E-state index in [0.717, 1.165) is 19.5 Å². The Labute approximate surface area is 84.6 Å². The van der Waals surface area contributed by atoms with Gasteiger partial charge in [-0.05, 0) is 38.3 Å². The fourth-order valence-corrected chi connectivity index (χ4v) is 2.59. The standard InChI is InChI=1S/C9H15NO2.ClH/c1-9(8(11)12-2)6-3-4-10-5-7(6)9;/h6-7,10H,3-5H2,1-2H3;1H. The quantitative estimate of drug-likeness (QED) is 0.645. The number of ether oxygens (including phenoxy) is 1. The van der Waals surface area contributed by atoms with Crippen molar-refractivity contribution in [3.63, 3.8) is 0 Å². The number of piperidine rings is 1. The van der Waals surface area contributed by atoms with Crippen LogP contribution in [0.3, 0.4) is 0 Å². The van der Waals surface area contributed by atoms with Crippen molar-refractivity contribution in [1.29, 1.82) is 0 Å². The van der Waals surface area contributed by atoms with Crippen LogP contribution in [0.1, 0.15) is 13.3 Å². The van der Waals surface area contributed by atoms with Crippen LogP contribution in [-0.4, -0.2) is 26.2 Å². The van der Waals surface area contributed by atoms with E-state index in [0.29, 0.717) is 11.8 Å². The highest BCUT2D eigenvalue weighted by molar-refractivity contribution is 5.85. The average Bonchev–Trinajstić information content (AvgIpc) is 2.74. The van der Waals surface area contributed by atoms with Gasteiger partial charge in [-0.15, -0.1) is 12.4 Å². The molecular formula is C9H16ClNO2. The molecule has 0 amide bonds. The van der Waals surface area contributed by atoms with Crippen molar-refractivity contribution >= 4 is 18.4 Å². The first kappa shape index (κ1) is 10.8. The van der Waals surface area contributed by atoms with E-state index < -0.39 is 0 Å². The molecule has 3 unspecified atom stereocenters. The van der Waals surface area contributed by atoms with Gasteiger partial charge in [0.2, 0.25) is 0 Å². The first-order chi connectivity index (χ1) is 5.71. The molecule has 1 aliphatic heterocycles. The maximum Gasteiger partial charge on any atom is 0.312 e. The summed E-state index contributed by atoms with van der Waals surface area (Å²) in [6.07, 6.45) is 1.12. The lowest BCUT2D eigenvalue weighted by Crippen LogP contribution is -2.24. The molecule has 0 aromatic rings. The van der Waals surface area contributed by atoms with Gasteiger partial charge in [0.1, 0.15) is 0 Å². The smallest absolute Gasteiger partial charge is 0.312 e. The van der Waals surface area contributed by atoms with Gasteiger partial charge in [-0.2, -0.15) is 0 Å². The van der Waals surface area contributed by atoms with Crippen molar-refractivity contribution < 1.29 is 9.53 Å². The van der Waals surface area contributed by atoms with Crippen molar-refractivity contribution in [2.45, 2.75) is 13.3 Å². The minimum atomic E-state index is -0.168. The topological polar surface area (TPSA) is 38.3 Å². The predicted octanol–water partition coefficient (Wildman–Crippen LogP) is 0.827. The number of carbonyl (C=O) groups is 1. The van der Waals surface area contributed by atoms with Gasteiger partial charge in [0.15, 0.2) is 0 Å². The van der Waals surface area contributed by atoms with Crippen molar-refractivity contribution in [2.24, 2.45) is 17.3 Å². The second-order valence-corrected chi connectivity index (χ2v) is 3.98. The Balaban J connectivity index is 0.000000845. The van der Waals surface area contributed by atoms with Crippen LogP contribution in [0.25, 0.3) is 0 Å². The Kier molecular flexibility index (Phi) is 2.88. The van der Waals surface area contributed by atoms with Crippen LogP contribution < -0.4 is 5.32 Å². The van der Waals surface area contributed by atoms with Gasteiger partial charge in [-0.1, -0.05) is 0 Å². The first-order valence-corrected chi connectivity index (χ1v) is 4.50. The second-order valence-electron chi connectivity index (χ2n) is 3.98. The molecule has 2 aliphatic rings. The Morgan fingerprint density at radius 3 is 2.69 bits per heavy atom. The number of esters is 1. The molecule has 2 fully saturated rings. The van der Waals surface area contributed by atoms with Gasteiger partial charge >= 0.3 is 5.97 Å². The largest absolute Gasteiger partial charge is 0.469 e. The van der Waals surface area contributed by atoms with Crippen molar-refractivity contribution in [3.8, 4) is 0 Å². The van der Waals surface area contributed by atoms with E-state index in [2.05, 4.69) is 5.32 Å². The lowest BCUT2D eigenvalue weighted by atomic mass is 10.1. The first-order valence-electron chi connectivity index (χ1n) is 4.50. The van der Waals surface area contributed by atoms with Crippen LogP contribution in [0.2, 0.25) is 0 Å². The van der Waals surface area contributed by atoms with Crippen molar-refractivity contribution in [1.82, 2.24) is 5.32 Å². The van der Waals surface area contributed by atoms with E-state index in [1.807, 2.05) is 6.92 Å². The summed E-state index contributed by atoms with van der Waals surface area (Å²) < 4.78 is 4.80. The third-order valence-electron chi connectivity index (χ3n) is 3.54. The minimum Gasteiger partial charge on any atom is -0.469 e. The molecule has 2 rings (SSSR count). The van der Waals surface area contributed by atoms with Gasteiger partial charge in [0.25, 0.3) is 0 Å². The third kappa shape index (κ3) is 1.34. The predicted molar refractivity (Wildman–Crippen MR) is 51.8 cm³/mol. The monoisotopic (exact) mass is 205 g/mol. The highest BCUT2D eigenvalue weighted by Crippen LogP contribution is 2.61. The van der Waals surface area contributed by atoms with Crippen molar-refractivity contribution in [2.75, 3.05) is 20.2 Å². The van der Waals surface area contributed by atoms with Crippen LogP contribution in [0, 0.1) is 17.3 Å². The molecule has 0 bridgehead atoms. The molecule has 3 atom stereocenters. The summed E-state index contributed by atoms with van der Waals surface area (Å²) in [5.74, 6) is 1.08. The number of halogens is 1. The minimum absolute atomic E-state index is 0. The summed E-state index contributed by atoms with van der Waals surface area (Å²) in [6.45, 7) is 4.06. The van der Waals surface area contributed by atoms with E-state index in [1.165, 1.54) is 7.11 Å². The van der Waals surface area contributed by atoms with Gasteiger partial charge in [-0.25, -0.2) is 0 Å². The second kappa shape index (κ2) is 3.46. The van der Waals surface area contributed by atoms with E-state index in [9.17, 15) is 4.79 Å². The molecule has 1 heterocycles. The molecule has 1 aliphatic carbocycles. The molecule has 0 spiro atoms. The molecular weight excluding hydrogens is 190 g/mol. The Morgan fingerprint density at radius 2 is 2.23 bits per heavy atom. The molecule has 1 saturated carbocycles. The fraction of sp³-hybridized carbons (Fsp3) is 0.889. The number of methoxy groups -OCH3 is 1. The number of fused-ring (bicyclic) bond motifs is 1.